The van der Waals surface area contributed by atoms with Crippen LogP contribution >= 0.6 is 15.9 Å². The van der Waals surface area contributed by atoms with Gasteiger partial charge < -0.3 is 10.7 Å². The van der Waals surface area contributed by atoms with Gasteiger partial charge in [-0.3, -0.25) is 20.8 Å². The van der Waals surface area contributed by atoms with Crippen molar-refractivity contribution >= 4 is 38.9 Å². The summed E-state index contributed by atoms with van der Waals surface area (Å²) in [5.41, 5.74) is 2.93. The van der Waals surface area contributed by atoms with E-state index in [1.807, 2.05) is 0 Å². The number of hydrogen-bond acceptors (Lipinski definition) is 5. The number of nitrogens with one attached hydrogen (secondary N) is 2. The van der Waals surface area contributed by atoms with Crippen LogP contribution in [0.5, 0.6) is 0 Å². The molecule has 8 heteroatoms. The van der Waals surface area contributed by atoms with Crippen molar-refractivity contribution in [1.29, 1.82) is 0 Å². The van der Waals surface area contributed by atoms with Gasteiger partial charge in [0.05, 0.1) is 4.92 Å². The van der Waals surface area contributed by atoms with Gasteiger partial charge in [0.2, 0.25) is 0 Å². The molecule has 0 aliphatic heterocycles. The number of amides is 1. The van der Waals surface area contributed by atoms with E-state index in [0.29, 0.717) is 11.4 Å². The van der Waals surface area contributed by atoms with Crippen molar-refractivity contribution in [3.05, 3.63) is 62.6 Å². The smallest absolute Gasteiger partial charge is 0.282 e. The first-order valence-corrected chi connectivity index (χ1v) is 6.62. The predicted molar refractivity (Wildman–Crippen MR) is 83.0 cm³/mol. The van der Waals surface area contributed by atoms with Gasteiger partial charge in [-0.1, -0.05) is 15.9 Å². The van der Waals surface area contributed by atoms with Gasteiger partial charge in [-0.25, -0.2) is 0 Å². The van der Waals surface area contributed by atoms with E-state index in [4.69, 9.17) is 5.84 Å². The first-order chi connectivity index (χ1) is 10.0. The zero-order valence-corrected chi connectivity index (χ0v) is 12.3. The Kier molecular flexibility index (Phi) is 4.51. The lowest BCUT2D eigenvalue weighted by Crippen LogP contribution is -2.15. The molecular formula is C13H11BrN4O3. The van der Waals surface area contributed by atoms with Crippen LogP contribution in [0.3, 0.4) is 0 Å². The van der Waals surface area contributed by atoms with Crippen LogP contribution in [0.4, 0.5) is 17.1 Å². The van der Waals surface area contributed by atoms with Crippen molar-refractivity contribution in [3.8, 4) is 0 Å². The molecule has 0 unspecified atom stereocenters. The summed E-state index contributed by atoms with van der Waals surface area (Å²) in [5.74, 6) is 4.68. The Balaban J connectivity index is 2.33. The fourth-order valence-corrected chi connectivity index (χ4v) is 1.96. The highest BCUT2D eigenvalue weighted by Crippen LogP contribution is 2.24. The van der Waals surface area contributed by atoms with Crippen LogP contribution in [0.2, 0.25) is 0 Å². The topological polar surface area (TPSA) is 110 Å². The van der Waals surface area contributed by atoms with Gasteiger partial charge in [0.1, 0.15) is 5.56 Å². The molecule has 0 bridgehead atoms. The normalized spacial score (nSPS) is 10.0. The summed E-state index contributed by atoms with van der Waals surface area (Å²) in [7, 11) is 0. The van der Waals surface area contributed by atoms with Crippen molar-refractivity contribution < 1.29 is 9.72 Å². The Morgan fingerprint density at radius 3 is 2.33 bits per heavy atom. The Morgan fingerprint density at radius 1 is 1.14 bits per heavy atom. The van der Waals surface area contributed by atoms with Crippen molar-refractivity contribution in [2.45, 2.75) is 0 Å². The highest BCUT2D eigenvalue weighted by atomic mass is 79.9. The third-order valence-electron chi connectivity index (χ3n) is 2.71. The molecule has 0 atom stereocenters. The summed E-state index contributed by atoms with van der Waals surface area (Å²) in [4.78, 5) is 22.6. The lowest BCUT2D eigenvalue weighted by molar-refractivity contribution is -0.385. The molecule has 7 nitrogen and oxygen atoms in total. The summed E-state index contributed by atoms with van der Waals surface area (Å²) in [5, 5.41) is 13.6. The van der Waals surface area contributed by atoms with Crippen LogP contribution in [-0.4, -0.2) is 10.8 Å². The minimum Gasteiger partial charge on any atom is -0.324 e. The number of hydrogen-bond donors (Lipinski definition) is 3. The summed E-state index contributed by atoms with van der Waals surface area (Å²) < 4.78 is 0.862. The summed E-state index contributed by atoms with van der Waals surface area (Å²) in [6.45, 7) is 0. The molecule has 0 aromatic heterocycles. The molecule has 2 aromatic rings. The number of benzene rings is 2. The quantitative estimate of drug-likeness (QED) is 0.446. The standard InChI is InChI=1S/C13H11BrN4O3/c14-8-1-3-9(4-2-8)16-13(19)11-7-10(17-15)5-6-12(11)18(20)21/h1-7,17H,15H2,(H,16,19). The number of rotatable bonds is 4. The van der Waals surface area contributed by atoms with Gasteiger partial charge in [0, 0.05) is 21.9 Å². The zero-order valence-electron chi connectivity index (χ0n) is 10.7. The van der Waals surface area contributed by atoms with Gasteiger partial charge in [0.15, 0.2) is 0 Å². The monoisotopic (exact) mass is 350 g/mol. The number of anilines is 2. The molecule has 0 aliphatic rings. The molecule has 21 heavy (non-hydrogen) atoms. The molecule has 0 saturated carbocycles. The molecule has 0 heterocycles. The Morgan fingerprint density at radius 2 is 1.76 bits per heavy atom. The second kappa shape index (κ2) is 6.33. The minimum absolute atomic E-state index is 0.0710. The number of carbonyl (C=O) groups excluding carboxylic acids is 1. The first-order valence-electron chi connectivity index (χ1n) is 5.83. The highest BCUT2D eigenvalue weighted by molar-refractivity contribution is 9.10. The van der Waals surface area contributed by atoms with Gasteiger partial charge in [-0.05, 0) is 36.4 Å². The summed E-state index contributed by atoms with van der Waals surface area (Å²) >= 11 is 3.28. The number of nitro groups is 1. The third-order valence-corrected chi connectivity index (χ3v) is 3.24. The number of nitrogens with zero attached hydrogens (tertiary/aromatic N) is 1. The zero-order chi connectivity index (χ0) is 15.4. The molecule has 4 N–H and O–H groups in total. The van der Waals surface area contributed by atoms with E-state index in [-0.39, 0.29) is 11.3 Å². The van der Waals surface area contributed by atoms with Crippen molar-refractivity contribution in [1.82, 2.24) is 0 Å². The largest absolute Gasteiger partial charge is 0.324 e. The van der Waals surface area contributed by atoms with E-state index in [9.17, 15) is 14.9 Å². The number of nitrogens with two attached hydrogens (primary N) is 1. The van der Waals surface area contributed by atoms with E-state index in [1.165, 1.54) is 18.2 Å². The third kappa shape index (κ3) is 3.56. The molecule has 2 aromatic carbocycles. The maximum absolute atomic E-state index is 12.2. The molecule has 0 radical (unpaired) electrons. The molecule has 0 aliphatic carbocycles. The molecule has 108 valence electrons. The fraction of sp³-hybridized carbons (Fsp3) is 0. The molecule has 1 amide bonds. The van der Waals surface area contributed by atoms with Crippen LogP contribution in [0.1, 0.15) is 10.4 Å². The minimum atomic E-state index is -0.614. The fourth-order valence-electron chi connectivity index (χ4n) is 1.70. The Hall–Kier alpha value is -2.45. The number of nitrogen functional groups attached to an aromatic ring is 1. The van der Waals surface area contributed by atoms with E-state index in [0.717, 1.165) is 4.47 Å². The first kappa shape index (κ1) is 14.9. The van der Waals surface area contributed by atoms with Gasteiger partial charge in [0.25, 0.3) is 11.6 Å². The SMILES string of the molecule is NNc1ccc([N+](=O)[O-])c(C(=O)Nc2ccc(Br)cc2)c1. The highest BCUT2D eigenvalue weighted by Gasteiger charge is 2.20. The number of hydrazine groups is 1. The van der Waals surface area contributed by atoms with Crippen LogP contribution in [0.25, 0.3) is 0 Å². The van der Waals surface area contributed by atoms with E-state index >= 15 is 0 Å². The lowest BCUT2D eigenvalue weighted by Gasteiger charge is -2.08. The van der Waals surface area contributed by atoms with E-state index in [1.54, 1.807) is 24.3 Å². The average molecular weight is 351 g/mol. The van der Waals surface area contributed by atoms with Crippen molar-refractivity contribution in [3.63, 3.8) is 0 Å². The van der Waals surface area contributed by atoms with Gasteiger partial charge in [-0.15, -0.1) is 0 Å². The Bertz CT molecular complexity index is 688. The van der Waals surface area contributed by atoms with Crippen LogP contribution in [-0.2, 0) is 0 Å². The van der Waals surface area contributed by atoms with E-state index in [2.05, 4.69) is 26.7 Å². The summed E-state index contributed by atoms with van der Waals surface area (Å²) in [6.07, 6.45) is 0. The predicted octanol–water partition coefficient (Wildman–Crippen LogP) is 2.90. The molecule has 2 rings (SSSR count). The van der Waals surface area contributed by atoms with Gasteiger partial charge in [-0.2, -0.15) is 0 Å². The number of nitro benzene ring substituents is 1. The second-order valence-corrected chi connectivity index (χ2v) is 5.01. The molecule has 0 saturated heterocycles. The van der Waals surface area contributed by atoms with E-state index < -0.39 is 10.8 Å². The number of carbonyl (C=O) groups is 1. The second-order valence-electron chi connectivity index (χ2n) is 4.09. The molecule has 0 spiro atoms. The van der Waals surface area contributed by atoms with Crippen molar-refractivity contribution in [2.75, 3.05) is 10.7 Å². The van der Waals surface area contributed by atoms with Crippen LogP contribution in [0.15, 0.2) is 46.9 Å². The maximum Gasteiger partial charge on any atom is 0.282 e. The van der Waals surface area contributed by atoms with Crippen LogP contribution < -0.4 is 16.6 Å². The maximum atomic E-state index is 12.2. The van der Waals surface area contributed by atoms with Crippen LogP contribution in [0, 0.1) is 10.1 Å². The van der Waals surface area contributed by atoms with Gasteiger partial charge >= 0.3 is 0 Å². The molecule has 0 fully saturated rings. The van der Waals surface area contributed by atoms with Crippen molar-refractivity contribution in [2.24, 2.45) is 5.84 Å². The molecular weight excluding hydrogens is 340 g/mol. The average Bonchev–Trinajstić information content (AvgIpc) is 2.48. The number of halogens is 1. The summed E-state index contributed by atoms with van der Waals surface area (Å²) in [6, 6.07) is 10.8. The lowest BCUT2D eigenvalue weighted by atomic mass is 10.1. The Labute approximate surface area is 128 Å².